The summed E-state index contributed by atoms with van der Waals surface area (Å²) in [6.45, 7) is 3.09. The molecule has 0 aliphatic carbocycles. The van der Waals surface area contributed by atoms with Crippen LogP contribution in [0.15, 0.2) is 18.2 Å². The first-order valence-corrected chi connectivity index (χ1v) is 7.75. The Morgan fingerprint density at radius 3 is 2.63 bits per heavy atom. The van der Waals surface area contributed by atoms with E-state index in [1.807, 2.05) is 0 Å². The van der Waals surface area contributed by atoms with Gasteiger partial charge in [0.05, 0.1) is 12.3 Å². The molecule has 19 heavy (non-hydrogen) atoms. The van der Waals surface area contributed by atoms with Gasteiger partial charge in [0.25, 0.3) is 0 Å². The molecule has 5 nitrogen and oxygen atoms in total. The lowest BCUT2D eigenvalue weighted by atomic mass is 10.2. The van der Waals surface area contributed by atoms with E-state index in [1.165, 1.54) is 14.0 Å². The number of anilines is 1. The van der Waals surface area contributed by atoms with Gasteiger partial charge in [-0.3, -0.25) is 4.79 Å². The number of carbonyl (C=O) groups is 1. The third-order valence-corrected chi connectivity index (χ3v) is 4.97. The standard InChI is InChI=1S/C12H17ClN2O3S/c1-4-19(17,18)15(3)8-12(16)14-11-7-5-6-10(13)9(11)2/h5-7H,4,8H2,1-3H3,(H,14,16). The number of rotatable bonds is 5. The molecule has 0 saturated heterocycles. The molecule has 1 aromatic carbocycles. The zero-order valence-electron chi connectivity index (χ0n) is 11.1. The highest BCUT2D eigenvalue weighted by Crippen LogP contribution is 2.22. The van der Waals surface area contributed by atoms with Crippen molar-refractivity contribution in [3.05, 3.63) is 28.8 Å². The van der Waals surface area contributed by atoms with E-state index in [-0.39, 0.29) is 12.3 Å². The highest BCUT2D eigenvalue weighted by atomic mass is 35.5. The molecule has 0 atom stereocenters. The summed E-state index contributed by atoms with van der Waals surface area (Å²) in [4.78, 5) is 11.8. The maximum atomic E-state index is 11.8. The molecule has 0 fully saturated rings. The van der Waals surface area contributed by atoms with Crippen molar-refractivity contribution in [2.45, 2.75) is 13.8 Å². The molecule has 0 spiro atoms. The van der Waals surface area contributed by atoms with Gasteiger partial charge in [-0.15, -0.1) is 0 Å². The maximum Gasteiger partial charge on any atom is 0.239 e. The molecule has 1 rings (SSSR count). The third-order valence-electron chi connectivity index (χ3n) is 2.75. The summed E-state index contributed by atoms with van der Waals surface area (Å²) in [5.74, 6) is -0.433. The Morgan fingerprint density at radius 2 is 2.05 bits per heavy atom. The van der Waals surface area contributed by atoms with Gasteiger partial charge < -0.3 is 5.32 Å². The van der Waals surface area contributed by atoms with Gasteiger partial charge in [0.2, 0.25) is 15.9 Å². The number of sulfonamides is 1. The molecule has 0 radical (unpaired) electrons. The Bertz CT molecular complexity index is 572. The number of nitrogens with one attached hydrogen (secondary N) is 1. The van der Waals surface area contributed by atoms with Crippen LogP contribution in [0.25, 0.3) is 0 Å². The van der Waals surface area contributed by atoms with Crippen LogP contribution in [0.5, 0.6) is 0 Å². The van der Waals surface area contributed by atoms with Crippen LogP contribution in [0.2, 0.25) is 5.02 Å². The number of halogens is 1. The quantitative estimate of drug-likeness (QED) is 0.903. The van der Waals surface area contributed by atoms with Crippen molar-refractivity contribution in [2.24, 2.45) is 0 Å². The van der Waals surface area contributed by atoms with Crippen molar-refractivity contribution in [2.75, 3.05) is 24.7 Å². The minimum atomic E-state index is -3.36. The summed E-state index contributed by atoms with van der Waals surface area (Å²) >= 11 is 5.94. The van der Waals surface area contributed by atoms with E-state index in [2.05, 4.69) is 5.32 Å². The summed E-state index contributed by atoms with van der Waals surface area (Å²) < 4.78 is 24.1. The number of hydrogen-bond acceptors (Lipinski definition) is 3. The van der Waals surface area contributed by atoms with Crippen LogP contribution in [-0.2, 0) is 14.8 Å². The second-order valence-electron chi connectivity index (χ2n) is 4.12. The molecule has 0 unspecified atom stereocenters. The fourth-order valence-corrected chi connectivity index (χ4v) is 2.38. The van der Waals surface area contributed by atoms with Crippen LogP contribution in [-0.4, -0.2) is 38.0 Å². The highest BCUT2D eigenvalue weighted by molar-refractivity contribution is 7.89. The molecule has 0 bridgehead atoms. The molecule has 0 aliphatic heterocycles. The predicted octanol–water partition coefficient (Wildman–Crippen LogP) is 1.87. The number of amides is 1. The van der Waals surface area contributed by atoms with E-state index in [0.717, 1.165) is 9.87 Å². The number of carbonyl (C=O) groups excluding carboxylic acids is 1. The van der Waals surface area contributed by atoms with Crippen molar-refractivity contribution < 1.29 is 13.2 Å². The number of hydrogen-bond donors (Lipinski definition) is 1. The Balaban J connectivity index is 2.74. The zero-order valence-corrected chi connectivity index (χ0v) is 12.7. The molecule has 0 aliphatic rings. The lowest BCUT2D eigenvalue weighted by Gasteiger charge is -2.16. The Labute approximate surface area is 118 Å². The van der Waals surface area contributed by atoms with Crippen molar-refractivity contribution in [3.8, 4) is 0 Å². The molecule has 1 amide bonds. The lowest BCUT2D eigenvalue weighted by Crippen LogP contribution is -2.35. The van der Waals surface area contributed by atoms with Gasteiger partial charge in [-0.05, 0) is 31.5 Å². The van der Waals surface area contributed by atoms with E-state index < -0.39 is 15.9 Å². The van der Waals surface area contributed by atoms with E-state index in [9.17, 15) is 13.2 Å². The van der Waals surface area contributed by atoms with E-state index in [1.54, 1.807) is 25.1 Å². The van der Waals surface area contributed by atoms with E-state index in [0.29, 0.717) is 10.7 Å². The first-order chi connectivity index (χ1) is 8.77. The van der Waals surface area contributed by atoms with Crippen LogP contribution in [0.1, 0.15) is 12.5 Å². The minimum absolute atomic E-state index is 0.0347. The SMILES string of the molecule is CCS(=O)(=O)N(C)CC(=O)Nc1cccc(Cl)c1C. The third kappa shape index (κ3) is 4.19. The lowest BCUT2D eigenvalue weighted by molar-refractivity contribution is -0.116. The van der Waals surface area contributed by atoms with Crippen LogP contribution >= 0.6 is 11.6 Å². The van der Waals surface area contributed by atoms with Gasteiger partial charge >= 0.3 is 0 Å². The van der Waals surface area contributed by atoms with Crippen molar-refractivity contribution in [3.63, 3.8) is 0 Å². The van der Waals surface area contributed by atoms with Gasteiger partial charge in [-0.2, -0.15) is 4.31 Å². The molecular formula is C12H17ClN2O3S. The van der Waals surface area contributed by atoms with Crippen LogP contribution in [0.4, 0.5) is 5.69 Å². The van der Waals surface area contributed by atoms with Crippen molar-refractivity contribution >= 4 is 33.2 Å². The monoisotopic (exact) mass is 304 g/mol. The Kier molecular flexibility index (Phi) is 5.34. The van der Waals surface area contributed by atoms with Crippen LogP contribution < -0.4 is 5.32 Å². The number of nitrogens with zero attached hydrogens (tertiary/aromatic N) is 1. The average molecular weight is 305 g/mol. The fraction of sp³-hybridized carbons (Fsp3) is 0.417. The number of benzene rings is 1. The van der Waals surface area contributed by atoms with Gasteiger partial charge in [0.15, 0.2) is 0 Å². The Morgan fingerprint density at radius 1 is 1.42 bits per heavy atom. The van der Waals surface area contributed by atoms with E-state index >= 15 is 0 Å². The normalized spacial score (nSPS) is 11.6. The highest BCUT2D eigenvalue weighted by Gasteiger charge is 2.18. The molecule has 0 aromatic heterocycles. The summed E-state index contributed by atoms with van der Waals surface area (Å²) in [5.41, 5.74) is 1.33. The van der Waals surface area contributed by atoms with Crippen LogP contribution in [0, 0.1) is 6.92 Å². The molecular weight excluding hydrogens is 288 g/mol. The predicted molar refractivity (Wildman–Crippen MR) is 76.9 cm³/mol. The second kappa shape index (κ2) is 6.36. The molecule has 0 saturated carbocycles. The first kappa shape index (κ1) is 15.9. The van der Waals surface area contributed by atoms with E-state index in [4.69, 9.17) is 11.6 Å². The smallest absolute Gasteiger partial charge is 0.239 e. The van der Waals surface area contributed by atoms with Crippen molar-refractivity contribution in [1.82, 2.24) is 4.31 Å². The molecule has 7 heteroatoms. The maximum absolute atomic E-state index is 11.8. The topological polar surface area (TPSA) is 66.5 Å². The summed E-state index contributed by atoms with van der Waals surface area (Å²) in [5, 5.41) is 3.20. The summed E-state index contributed by atoms with van der Waals surface area (Å²) in [6.07, 6.45) is 0. The Hall–Kier alpha value is -1.11. The van der Waals surface area contributed by atoms with Gasteiger partial charge in [-0.25, -0.2) is 8.42 Å². The zero-order chi connectivity index (χ0) is 14.6. The first-order valence-electron chi connectivity index (χ1n) is 5.77. The van der Waals surface area contributed by atoms with Crippen LogP contribution in [0.3, 0.4) is 0 Å². The minimum Gasteiger partial charge on any atom is -0.325 e. The second-order valence-corrected chi connectivity index (χ2v) is 6.89. The average Bonchev–Trinajstić information content (AvgIpc) is 2.34. The molecule has 0 heterocycles. The summed E-state index contributed by atoms with van der Waals surface area (Å²) in [6, 6.07) is 5.16. The van der Waals surface area contributed by atoms with Gasteiger partial charge in [0.1, 0.15) is 0 Å². The van der Waals surface area contributed by atoms with Gasteiger partial charge in [-0.1, -0.05) is 17.7 Å². The van der Waals surface area contributed by atoms with Crippen molar-refractivity contribution in [1.29, 1.82) is 0 Å². The summed E-state index contributed by atoms with van der Waals surface area (Å²) in [7, 11) is -1.98. The number of likely N-dealkylation sites (N-methyl/N-ethyl adjacent to an activating group) is 1. The molecule has 1 N–H and O–H groups in total. The fourth-order valence-electron chi connectivity index (χ4n) is 1.45. The largest absolute Gasteiger partial charge is 0.325 e. The molecule has 106 valence electrons. The molecule has 1 aromatic rings. The van der Waals surface area contributed by atoms with Gasteiger partial charge in [0, 0.05) is 17.8 Å².